The average Bonchev–Trinajstić information content (AvgIpc) is 2.69. The third kappa shape index (κ3) is 1.81. The van der Waals surface area contributed by atoms with Crippen molar-refractivity contribution in [3.63, 3.8) is 0 Å². The monoisotopic (exact) mass is 206 g/mol. The molecule has 1 aliphatic rings. The number of benzene rings is 1. The Labute approximate surface area is 86.5 Å². The third-order valence-corrected chi connectivity index (χ3v) is 2.23. The van der Waals surface area contributed by atoms with E-state index < -0.39 is 4.92 Å². The van der Waals surface area contributed by atoms with Gasteiger partial charge in [0, 0.05) is 17.2 Å². The number of nitro benzene ring substituents is 1. The summed E-state index contributed by atoms with van der Waals surface area (Å²) < 4.78 is 5.27. The molecule has 0 N–H and O–H groups in total. The van der Waals surface area contributed by atoms with E-state index in [1.807, 2.05) is 0 Å². The second kappa shape index (κ2) is 3.68. The van der Waals surface area contributed by atoms with Gasteiger partial charge in [0.15, 0.2) is 0 Å². The number of nitrogens with zero attached hydrogens (tertiary/aromatic N) is 2. The molecule has 1 heterocycles. The number of aryl methyl sites for hydroxylation is 1. The van der Waals surface area contributed by atoms with E-state index >= 15 is 0 Å². The largest absolute Gasteiger partial charge is 0.476 e. The normalized spacial score (nSPS) is 14.6. The fraction of sp³-hybridized carbons (Fsp3) is 0.300. The fourth-order valence-corrected chi connectivity index (χ4v) is 1.50. The predicted octanol–water partition coefficient (Wildman–Crippen LogP) is 1.68. The van der Waals surface area contributed by atoms with Crippen LogP contribution >= 0.6 is 0 Å². The van der Waals surface area contributed by atoms with Gasteiger partial charge in [-0.3, -0.25) is 10.1 Å². The Kier molecular flexibility index (Phi) is 2.37. The van der Waals surface area contributed by atoms with E-state index in [4.69, 9.17) is 4.74 Å². The lowest BCUT2D eigenvalue weighted by Crippen LogP contribution is -2.02. The number of rotatable bonds is 2. The van der Waals surface area contributed by atoms with Crippen molar-refractivity contribution < 1.29 is 9.66 Å². The van der Waals surface area contributed by atoms with Gasteiger partial charge in [-0.05, 0) is 19.1 Å². The lowest BCUT2D eigenvalue weighted by Gasteiger charge is -2.03. The molecule has 0 spiro atoms. The Bertz CT molecular complexity index is 440. The minimum Gasteiger partial charge on any atom is -0.476 e. The average molecular weight is 206 g/mol. The molecule has 0 aliphatic carbocycles. The van der Waals surface area contributed by atoms with E-state index in [1.54, 1.807) is 19.1 Å². The third-order valence-electron chi connectivity index (χ3n) is 2.23. The van der Waals surface area contributed by atoms with Crippen molar-refractivity contribution in [3.05, 3.63) is 39.4 Å². The summed E-state index contributed by atoms with van der Waals surface area (Å²) in [4.78, 5) is 14.4. The van der Waals surface area contributed by atoms with Crippen molar-refractivity contribution in [2.24, 2.45) is 4.99 Å². The first-order valence-corrected chi connectivity index (χ1v) is 4.61. The molecular formula is C10H10N2O3. The van der Waals surface area contributed by atoms with Crippen LogP contribution < -0.4 is 0 Å². The van der Waals surface area contributed by atoms with Gasteiger partial charge in [0.05, 0.1) is 11.5 Å². The standard InChI is InChI=1S/C10H10N2O3/c1-7-6-8(10-11-4-5-15-10)2-3-9(7)12(13)14/h2-3,6H,4-5H2,1H3. The molecule has 0 atom stereocenters. The van der Waals surface area contributed by atoms with Gasteiger partial charge in [0.2, 0.25) is 5.90 Å². The second-order valence-electron chi connectivity index (χ2n) is 3.29. The lowest BCUT2D eigenvalue weighted by atomic mass is 10.1. The first-order valence-electron chi connectivity index (χ1n) is 4.61. The summed E-state index contributed by atoms with van der Waals surface area (Å²) in [5.74, 6) is 0.577. The summed E-state index contributed by atoms with van der Waals surface area (Å²) in [6.07, 6.45) is 0. The van der Waals surface area contributed by atoms with Crippen molar-refractivity contribution in [1.82, 2.24) is 0 Å². The molecule has 0 amide bonds. The van der Waals surface area contributed by atoms with Gasteiger partial charge < -0.3 is 4.74 Å². The number of hydrogen-bond acceptors (Lipinski definition) is 4. The van der Waals surface area contributed by atoms with Gasteiger partial charge in [-0.1, -0.05) is 0 Å². The molecule has 1 aliphatic heterocycles. The Morgan fingerprint density at radius 3 is 2.87 bits per heavy atom. The van der Waals surface area contributed by atoms with E-state index in [0.29, 0.717) is 24.6 Å². The molecule has 0 fully saturated rings. The molecule has 0 saturated heterocycles. The zero-order valence-electron chi connectivity index (χ0n) is 8.27. The van der Waals surface area contributed by atoms with E-state index in [0.717, 1.165) is 5.56 Å². The number of aliphatic imine (C=N–C) groups is 1. The van der Waals surface area contributed by atoms with E-state index in [2.05, 4.69) is 4.99 Å². The van der Waals surface area contributed by atoms with Crippen LogP contribution in [0.25, 0.3) is 0 Å². The molecule has 2 rings (SSSR count). The number of ether oxygens (including phenoxy) is 1. The molecule has 5 nitrogen and oxygen atoms in total. The smallest absolute Gasteiger partial charge is 0.272 e. The van der Waals surface area contributed by atoms with Crippen LogP contribution in [0.1, 0.15) is 11.1 Å². The Hall–Kier alpha value is -1.91. The summed E-state index contributed by atoms with van der Waals surface area (Å²) in [5, 5.41) is 10.6. The van der Waals surface area contributed by atoms with E-state index in [-0.39, 0.29) is 5.69 Å². The highest BCUT2D eigenvalue weighted by Gasteiger charge is 2.15. The first kappa shape index (κ1) is 9.64. The Morgan fingerprint density at radius 1 is 1.53 bits per heavy atom. The maximum absolute atomic E-state index is 10.6. The summed E-state index contributed by atoms with van der Waals surface area (Å²) in [7, 11) is 0. The van der Waals surface area contributed by atoms with Gasteiger partial charge in [-0.15, -0.1) is 0 Å². The van der Waals surface area contributed by atoms with Gasteiger partial charge >= 0.3 is 0 Å². The molecule has 1 aromatic rings. The van der Waals surface area contributed by atoms with Gasteiger partial charge in [0.1, 0.15) is 6.61 Å². The zero-order valence-corrected chi connectivity index (χ0v) is 8.27. The minimum atomic E-state index is -0.392. The van der Waals surface area contributed by atoms with Crippen molar-refractivity contribution in [2.45, 2.75) is 6.92 Å². The van der Waals surface area contributed by atoms with Crippen LogP contribution in [0.15, 0.2) is 23.2 Å². The summed E-state index contributed by atoms with van der Waals surface area (Å²) in [5.41, 5.74) is 1.55. The van der Waals surface area contributed by atoms with Crippen LogP contribution in [-0.2, 0) is 4.74 Å². The van der Waals surface area contributed by atoms with Crippen molar-refractivity contribution >= 4 is 11.6 Å². The molecule has 0 unspecified atom stereocenters. The van der Waals surface area contributed by atoms with Crippen molar-refractivity contribution in [1.29, 1.82) is 0 Å². The maximum atomic E-state index is 10.6. The van der Waals surface area contributed by atoms with Gasteiger partial charge in [0.25, 0.3) is 5.69 Å². The van der Waals surface area contributed by atoms with E-state index in [1.165, 1.54) is 6.07 Å². The highest BCUT2D eigenvalue weighted by molar-refractivity contribution is 5.95. The SMILES string of the molecule is Cc1cc(C2=NCCO2)ccc1[N+](=O)[O-]. The summed E-state index contributed by atoms with van der Waals surface area (Å²) >= 11 is 0. The molecule has 78 valence electrons. The van der Waals surface area contributed by atoms with E-state index in [9.17, 15) is 10.1 Å². The maximum Gasteiger partial charge on any atom is 0.272 e. The topological polar surface area (TPSA) is 64.7 Å². The van der Waals surface area contributed by atoms with Crippen LogP contribution in [0.2, 0.25) is 0 Å². The quantitative estimate of drug-likeness (QED) is 0.546. The molecule has 0 radical (unpaired) electrons. The van der Waals surface area contributed by atoms with Crippen LogP contribution in [-0.4, -0.2) is 24.0 Å². The van der Waals surface area contributed by atoms with Crippen LogP contribution in [0.4, 0.5) is 5.69 Å². The molecule has 0 aromatic heterocycles. The zero-order chi connectivity index (χ0) is 10.8. The number of nitro groups is 1. The Balaban J connectivity index is 2.37. The molecule has 0 saturated carbocycles. The van der Waals surface area contributed by atoms with Crippen LogP contribution in [0.5, 0.6) is 0 Å². The van der Waals surface area contributed by atoms with Crippen molar-refractivity contribution in [3.8, 4) is 0 Å². The minimum absolute atomic E-state index is 0.123. The van der Waals surface area contributed by atoms with Crippen LogP contribution in [0.3, 0.4) is 0 Å². The molecule has 5 heteroatoms. The molecule has 0 bridgehead atoms. The number of hydrogen-bond donors (Lipinski definition) is 0. The Morgan fingerprint density at radius 2 is 2.33 bits per heavy atom. The molecule has 15 heavy (non-hydrogen) atoms. The van der Waals surface area contributed by atoms with Gasteiger partial charge in [-0.25, -0.2) is 4.99 Å². The fourth-order valence-electron chi connectivity index (χ4n) is 1.50. The van der Waals surface area contributed by atoms with Gasteiger partial charge in [-0.2, -0.15) is 0 Å². The molecule has 1 aromatic carbocycles. The highest BCUT2D eigenvalue weighted by atomic mass is 16.6. The highest BCUT2D eigenvalue weighted by Crippen LogP contribution is 2.20. The van der Waals surface area contributed by atoms with Crippen molar-refractivity contribution in [2.75, 3.05) is 13.2 Å². The first-order chi connectivity index (χ1) is 7.18. The van der Waals surface area contributed by atoms with Crippen LogP contribution in [0, 0.1) is 17.0 Å². The predicted molar refractivity (Wildman–Crippen MR) is 55.2 cm³/mol. The molecular weight excluding hydrogens is 196 g/mol. The lowest BCUT2D eigenvalue weighted by molar-refractivity contribution is -0.385. The summed E-state index contributed by atoms with van der Waals surface area (Å²) in [6.45, 7) is 2.95. The summed E-state index contributed by atoms with van der Waals surface area (Å²) in [6, 6.07) is 4.87. The second-order valence-corrected chi connectivity index (χ2v) is 3.29.